The van der Waals surface area contributed by atoms with Gasteiger partial charge in [-0.05, 0) is 87.9 Å². The van der Waals surface area contributed by atoms with Gasteiger partial charge in [0.1, 0.15) is 5.75 Å². The van der Waals surface area contributed by atoms with Crippen molar-refractivity contribution in [2.24, 2.45) is 0 Å². The first-order chi connectivity index (χ1) is 13.8. The fraction of sp³-hybridized carbons (Fsp3) is 0.318. The number of thiocarbonyl (C=S) groups is 1. The van der Waals surface area contributed by atoms with Crippen molar-refractivity contribution in [2.75, 3.05) is 5.32 Å². The topological polar surface area (TPSA) is 79.5 Å². The Bertz CT molecular complexity index is 849. The summed E-state index contributed by atoms with van der Waals surface area (Å²) in [6, 6.07) is 13.8. The lowest BCUT2D eigenvalue weighted by Gasteiger charge is -2.13. The molecule has 2 aromatic carbocycles. The van der Waals surface area contributed by atoms with Crippen molar-refractivity contribution >= 4 is 34.8 Å². The maximum atomic E-state index is 12.3. The maximum Gasteiger partial charge on any atom is 0.257 e. The molecule has 0 spiro atoms. The Hall–Kier alpha value is -2.93. The minimum Gasteiger partial charge on any atom is -0.491 e. The zero-order valence-corrected chi connectivity index (χ0v) is 17.9. The number of nitrogens with one attached hydrogen (secondary N) is 3. The molecule has 0 aliphatic carbocycles. The Kier molecular flexibility index (Phi) is 8.15. The highest BCUT2D eigenvalue weighted by molar-refractivity contribution is 7.80. The lowest BCUT2D eigenvalue weighted by atomic mass is 10.2. The highest BCUT2D eigenvalue weighted by Crippen LogP contribution is 2.15. The van der Waals surface area contributed by atoms with E-state index in [1.54, 1.807) is 48.5 Å². The molecule has 0 saturated carbocycles. The molecule has 7 heteroatoms. The van der Waals surface area contributed by atoms with E-state index in [2.05, 4.69) is 16.0 Å². The van der Waals surface area contributed by atoms with Crippen LogP contribution in [0.1, 0.15) is 54.8 Å². The molecule has 6 nitrogen and oxygen atoms in total. The molecule has 29 heavy (non-hydrogen) atoms. The minimum atomic E-state index is -0.314. The van der Waals surface area contributed by atoms with Crippen LogP contribution < -0.4 is 20.7 Å². The Labute approximate surface area is 177 Å². The summed E-state index contributed by atoms with van der Waals surface area (Å²) < 4.78 is 5.71. The zero-order chi connectivity index (χ0) is 21.4. The molecule has 0 aromatic heterocycles. The highest BCUT2D eigenvalue weighted by atomic mass is 32.1. The molecule has 3 N–H and O–H groups in total. The van der Waals surface area contributed by atoms with Crippen LogP contribution in [-0.4, -0.2) is 29.1 Å². The predicted molar refractivity (Wildman–Crippen MR) is 120 cm³/mol. The van der Waals surface area contributed by atoms with Crippen LogP contribution in [0.4, 0.5) is 5.69 Å². The molecule has 2 amide bonds. The Balaban J connectivity index is 1.90. The second kappa shape index (κ2) is 10.6. The maximum absolute atomic E-state index is 12.3. The summed E-state index contributed by atoms with van der Waals surface area (Å²) in [5.74, 6) is 0.270. The van der Waals surface area contributed by atoms with E-state index < -0.39 is 0 Å². The van der Waals surface area contributed by atoms with E-state index in [1.807, 2.05) is 27.7 Å². The molecule has 0 radical (unpaired) electrons. The van der Waals surface area contributed by atoms with Gasteiger partial charge >= 0.3 is 0 Å². The molecule has 2 aromatic rings. The number of carbonyl (C=O) groups is 2. The Morgan fingerprint density at radius 2 is 1.48 bits per heavy atom. The molecular weight excluding hydrogens is 386 g/mol. The quantitative estimate of drug-likeness (QED) is 0.595. The lowest BCUT2D eigenvalue weighted by molar-refractivity contribution is 0.0941. The molecule has 2 rings (SSSR count). The van der Waals surface area contributed by atoms with E-state index in [4.69, 9.17) is 17.0 Å². The number of rotatable bonds is 7. The van der Waals surface area contributed by atoms with Gasteiger partial charge in [-0.15, -0.1) is 0 Å². The van der Waals surface area contributed by atoms with Gasteiger partial charge < -0.3 is 15.4 Å². The summed E-state index contributed by atoms with van der Waals surface area (Å²) in [6.45, 7) is 7.85. The van der Waals surface area contributed by atoms with Gasteiger partial charge in [-0.25, -0.2) is 0 Å². The molecule has 0 heterocycles. The van der Waals surface area contributed by atoms with E-state index in [0.29, 0.717) is 16.8 Å². The summed E-state index contributed by atoms with van der Waals surface area (Å²) in [5, 5.41) is 8.58. The molecule has 0 bridgehead atoms. The number of benzene rings is 2. The number of amides is 2. The first-order valence-electron chi connectivity index (χ1n) is 9.58. The minimum absolute atomic E-state index is 0.0683. The van der Waals surface area contributed by atoms with Crippen LogP contribution in [0.3, 0.4) is 0 Å². The molecule has 0 saturated heterocycles. The monoisotopic (exact) mass is 413 g/mol. The van der Waals surface area contributed by atoms with E-state index in [9.17, 15) is 9.59 Å². The summed E-state index contributed by atoms with van der Waals surface area (Å²) in [4.78, 5) is 24.3. The van der Waals surface area contributed by atoms with Gasteiger partial charge in [0.2, 0.25) is 0 Å². The van der Waals surface area contributed by atoms with Crippen LogP contribution in [0.5, 0.6) is 5.75 Å². The van der Waals surface area contributed by atoms with E-state index >= 15 is 0 Å². The largest absolute Gasteiger partial charge is 0.491 e. The van der Waals surface area contributed by atoms with E-state index in [0.717, 1.165) is 12.2 Å². The van der Waals surface area contributed by atoms with Crippen LogP contribution in [0.15, 0.2) is 48.5 Å². The van der Waals surface area contributed by atoms with Crippen LogP contribution in [0.25, 0.3) is 0 Å². The third kappa shape index (κ3) is 7.19. The average molecular weight is 414 g/mol. The van der Waals surface area contributed by atoms with Crippen molar-refractivity contribution in [1.29, 1.82) is 0 Å². The number of carbonyl (C=O) groups excluding carboxylic acids is 2. The van der Waals surface area contributed by atoms with Crippen LogP contribution in [0, 0.1) is 0 Å². The van der Waals surface area contributed by atoms with Gasteiger partial charge in [-0.3, -0.25) is 14.9 Å². The molecule has 0 aliphatic heterocycles. The third-order valence-electron chi connectivity index (χ3n) is 4.08. The molecular formula is C22H27N3O3S. The average Bonchev–Trinajstić information content (AvgIpc) is 2.68. The van der Waals surface area contributed by atoms with Crippen molar-refractivity contribution in [2.45, 2.75) is 46.3 Å². The smallest absolute Gasteiger partial charge is 0.257 e. The molecule has 154 valence electrons. The van der Waals surface area contributed by atoms with Gasteiger partial charge in [0.05, 0.1) is 6.10 Å². The number of hydrogen-bond acceptors (Lipinski definition) is 4. The lowest BCUT2D eigenvalue weighted by Crippen LogP contribution is -2.34. The highest BCUT2D eigenvalue weighted by Gasteiger charge is 2.10. The first-order valence-corrected chi connectivity index (χ1v) is 9.99. The van der Waals surface area contributed by atoms with Gasteiger partial charge in [0, 0.05) is 22.9 Å². The van der Waals surface area contributed by atoms with E-state index in [1.165, 1.54) is 0 Å². The fourth-order valence-corrected chi connectivity index (χ4v) is 2.60. The van der Waals surface area contributed by atoms with Gasteiger partial charge in [0.25, 0.3) is 11.8 Å². The number of ether oxygens (including phenoxy) is 1. The van der Waals surface area contributed by atoms with Crippen molar-refractivity contribution < 1.29 is 14.3 Å². The number of hydrogen-bond donors (Lipinski definition) is 3. The zero-order valence-electron chi connectivity index (χ0n) is 17.1. The summed E-state index contributed by atoms with van der Waals surface area (Å²) in [5.41, 5.74) is 1.71. The van der Waals surface area contributed by atoms with Gasteiger partial charge in [-0.1, -0.05) is 6.92 Å². The SMILES string of the molecule is CCC(C)Oc1ccc(C(=O)NC(=S)Nc2ccc(C(=O)NC(C)C)cc2)cc1. The van der Waals surface area contributed by atoms with Crippen molar-refractivity contribution in [1.82, 2.24) is 10.6 Å². The summed E-state index contributed by atoms with van der Waals surface area (Å²) in [7, 11) is 0. The van der Waals surface area contributed by atoms with Crippen LogP contribution >= 0.6 is 12.2 Å². The first kappa shape index (κ1) is 22.4. The second-order valence-electron chi connectivity index (χ2n) is 6.97. The van der Waals surface area contributed by atoms with Crippen LogP contribution in [0.2, 0.25) is 0 Å². The third-order valence-corrected chi connectivity index (χ3v) is 4.28. The van der Waals surface area contributed by atoms with Gasteiger partial charge in [-0.2, -0.15) is 0 Å². The number of anilines is 1. The normalized spacial score (nSPS) is 11.5. The Morgan fingerprint density at radius 1 is 0.931 bits per heavy atom. The standard InChI is InChI=1S/C22H27N3O3S/c1-5-15(4)28-19-12-8-17(9-13-19)21(27)25-22(29)24-18-10-6-16(7-11-18)20(26)23-14(2)3/h6-15H,5H2,1-4H3,(H,23,26)(H2,24,25,27,29). The van der Waals surface area contributed by atoms with Crippen molar-refractivity contribution in [3.63, 3.8) is 0 Å². The molecule has 0 aliphatic rings. The fourth-order valence-electron chi connectivity index (χ4n) is 2.39. The van der Waals surface area contributed by atoms with Gasteiger partial charge in [0.15, 0.2) is 5.11 Å². The molecule has 0 fully saturated rings. The summed E-state index contributed by atoms with van der Waals surface area (Å²) >= 11 is 5.21. The Morgan fingerprint density at radius 3 is 2.03 bits per heavy atom. The van der Waals surface area contributed by atoms with Crippen molar-refractivity contribution in [3.8, 4) is 5.75 Å². The molecule has 1 unspecified atom stereocenters. The predicted octanol–water partition coefficient (Wildman–Crippen LogP) is 4.13. The second-order valence-corrected chi connectivity index (χ2v) is 7.38. The molecule has 1 atom stereocenters. The summed E-state index contributed by atoms with van der Waals surface area (Å²) in [6.07, 6.45) is 1.03. The van der Waals surface area contributed by atoms with Crippen LogP contribution in [-0.2, 0) is 0 Å². The van der Waals surface area contributed by atoms with Crippen molar-refractivity contribution in [3.05, 3.63) is 59.7 Å². The van der Waals surface area contributed by atoms with E-state index in [-0.39, 0.29) is 29.1 Å².